The molecule has 2 amide bonds. The molecule has 10 heavy (non-hydrogen) atoms. The number of rotatable bonds is 1. The SMILES string of the molecule is CC(=O)N(C)C(=O)C(F)F. The van der Waals surface area contributed by atoms with Crippen LogP contribution in [0, 0.1) is 0 Å². The van der Waals surface area contributed by atoms with Crippen LogP contribution in [0.15, 0.2) is 0 Å². The molecule has 0 spiro atoms. The summed E-state index contributed by atoms with van der Waals surface area (Å²) >= 11 is 0. The van der Waals surface area contributed by atoms with E-state index in [0.29, 0.717) is 4.90 Å². The lowest BCUT2D eigenvalue weighted by atomic mass is 10.5. The summed E-state index contributed by atoms with van der Waals surface area (Å²) in [6.07, 6.45) is -3.10. The summed E-state index contributed by atoms with van der Waals surface area (Å²) in [6.45, 7) is 1.04. The third-order valence-electron chi connectivity index (χ3n) is 0.990. The van der Waals surface area contributed by atoms with Crippen LogP contribution in [-0.2, 0) is 9.59 Å². The minimum absolute atomic E-state index is 0.380. The molecule has 0 radical (unpaired) electrons. The van der Waals surface area contributed by atoms with Gasteiger partial charge < -0.3 is 0 Å². The lowest BCUT2D eigenvalue weighted by Crippen LogP contribution is -2.35. The van der Waals surface area contributed by atoms with Gasteiger partial charge in [0.1, 0.15) is 0 Å². The fourth-order valence-corrected chi connectivity index (χ4v) is 0.302. The third kappa shape index (κ3) is 2.08. The Hall–Kier alpha value is -1.00. The molecule has 0 aromatic heterocycles. The van der Waals surface area contributed by atoms with Crippen LogP contribution in [0.4, 0.5) is 8.78 Å². The number of alkyl halides is 2. The van der Waals surface area contributed by atoms with E-state index in [9.17, 15) is 18.4 Å². The van der Waals surface area contributed by atoms with Crippen LogP contribution in [0.1, 0.15) is 6.92 Å². The van der Waals surface area contributed by atoms with Crippen LogP contribution in [-0.4, -0.2) is 30.2 Å². The van der Waals surface area contributed by atoms with Gasteiger partial charge in [-0.1, -0.05) is 0 Å². The Morgan fingerprint density at radius 3 is 1.90 bits per heavy atom. The second kappa shape index (κ2) is 3.24. The predicted octanol–water partition coefficient (Wildman–Crippen LogP) is 0.256. The average Bonchev–Trinajstić information content (AvgIpc) is 1.84. The van der Waals surface area contributed by atoms with Crippen molar-refractivity contribution in [1.29, 1.82) is 0 Å². The monoisotopic (exact) mass is 151 g/mol. The van der Waals surface area contributed by atoms with Crippen molar-refractivity contribution < 1.29 is 18.4 Å². The molecule has 5 heteroatoms. The molecule has 0 aromatic rings. The van der Waals surface area contributed by atoms with E-state index in [4.69, 9.17) is 0 Å². The van der Waals surface area contributed by atoms with Crippen molar-refractivity contribution in [3.63, 3.8) is 0 Å². The lowest BCUT2D eigenvalue weighted by Gasteiger charge is -2.10. The van der Waals surface area contributed by atoms with Crippen molar-refractivity contribution in [3.8, 4) is 0 Å². The van der Waals surface area contributed by atoms with Gasteiger partial charge in [-0.15, -0.1) is 0 Å². The molecule has 0 atom stereocenters. The molecule has 0 bridgehead atoms. The van der Waals surface area contributed by atoms with E-state index in [-0.39, 0.29) is 0 Å². The predicted molar refractivity (Wildman–Crippen MR) is 29.5 cm³/mol. The van der Waals surface area contributed by atoms with Crippen molar-refractivity contribution >= 4 is 11.8 Å². The Bertz CT molecular complexity index is 158. The lowest BCUT2D eigenvalue weighted by molar-refractivity contribution is -0.149. The fraction of sp³-hybridized carbons (Fsp3) is 0.600. The first-order valence-corrected chi connectivity index (χ1v) is 2.53. The maximum Gasteiger partial charge on any atom is 0.316 e. The van der Waals surface area contributed by atoms with E-state index in [2.05, 4.69) is 0 Å². The summed E-state index contributed by atoms with van der Waals surface area (Å²) in [5.41, 5.74) is 0. The van der Waals surface area contributed by atoms with Gasteiger partial charge in [-0.2, -0.15) is 8.78 Å². The molecule has 0 aliphatic heterocycles. The second-order valence-electron chi connectivity index (χ2n) is 1.72. The molecule has 0 N–H and O–H groups in total. The Morgan fingerprint density at radius 1 is 1.40 bits per heavy atom. The normalized spacial score (nSPS) is 9.70. The zero-order valence-electron chi connectivity index (χ0n) is 5.60. The molecule has 0 heterocycles. The van der Waals surface area contributed by atoms with Gasteiger partial charge in [0.25, 0.3) is 5.91 Å². The Morgan fingerprint density at radius 2 is 1.80 bits per heavy atom. The highest BCUT2D eigenvalue weighted by molar-refractivity contribution is 5.95. The quantitative estimate of drug-likeness (QED) is 0.539. The zero-order valence-corrected chi connectivity index (χ0v) is 5.60. The van der Waals surface area contributed by atoms with Gasteiger partial charge in [0.05, 0.1) is 0 Å². The number of carbonyl (C=O) groups excluding carboxylic acids is 2. The summed E-state index contributed by atoms with van der Waals surface area (Å²) in [5, 5.41) is 0. The molecule has 0 saturated heterocycles. The number of carbonyl (C=O) groups is 2. The average molecular weight is 151 g/mol. The van der Waals surface area contributed by atoms with Gasteiger partial charge >= 0.3 is 6.43 Å². The van der Waals surface area contributed by atoms with Crippen molar-refractivity contribution in [2.75, 3.05) is 7.05 Å². The molecule has 0 unspecified atom stereocenters. The van der Waals surface area contributed by atoms with E-state index >= 15 is 0 Å². The van der Waals surface area contributed by atoms with Gasteiger partial charge in [0, 0.05) is 14.0 Å². The third-order valence-corrected chi connectivity index (χ3v) is 0.990. The summed E-state index contributed by atoms with van der Waals surface area (Å²) in [7, 11) is 1.01. The molecule has 0 aliphatic carbocycles. The van der Waals surface area contributed by atoms with Crippen LogP contribution < -0.4 is 0 Å². The molecule has 0 aromatic carbocycles. The Labute approximate surface area is 56.6 Å². The van der Waals surface area contributed by atoms with Crippen LogP contribution >= 0.6 is 0 Å². The number of hydrogen-bond donors (Lipinski definition) is 0. The van der Waals surface area contributed by atoms with Crippen LogP contribution in [0.5, 0.6) is 0 Å². The maximum absolute atomic E-state index is 11.5. The highest BCUT2D eigenvalue weighted by Crippen LogP contribution is 1.97. The highest BCUT2D eigenvalue weighted by Gasteiger charge is 2.22. The van der Waals surface area contributed by atoms with Gasteiger partial charge in [-0.25, -0.2) is 0 Å². The van der Waals surface area contributed by atoms with E-state index in [1.54, 1.807) is 0 Å². The van der Waals surface area contributed by atoms with Crippen molar-refractivity contribution in [3.05, 3.63) is 0 Å². The first kappa shape index (κ1) is 9.00. The number of hydrogen-bond acceptors (Lipinski definition) is 2. The maximum atomic E-state index is 11.5. The van der Waals surface area contributed by atoms with Gasteiger partial charge in [-0.05, 0) is 0 Å². The Kier molecular flexibility index (Phi) is 2.92. The van der Waals surface area contributed by atoms with E-state index in [1.165, 1.54) is 0 Å². The molecule has 58 valence electrons. The van der Waals surface area contributed by atoms with Crippen molar-refractivity contribution in [2.24, 2.45) is 0 Å². The van der Waals surface area contributed by atoms with E-state index < -0.39 is 18.2 Å². The smallest absolute Gasteiger partial charge is 0.281 e. The first-order valence-electron chi connectivity index (χ1n) is 2.53. The van der Waals surface area contributed by atoms with Gasteiger partial charge in [0.15, 0.2) is 0 Å². The number of nitrogens with zero attached hydrogens (tertiary/aromatic N) is 1. The zero-order chi connectivity index (χ0) is 8.31. The molecule has 0 rings (SSSR count). The number of halogens is 2. The molecule has 3 nitrogen and oxygen atoms in total. The minimum atomic E-state index is -3.10. The molecule has 0 saturated carbocycles. The summed E-state index contributed by atoms with van der Waals surface area (Å²) in [4.78, 5) is 20.9. The van der Waals surface area contributed by atoms with E-state index in [1.807, 2.05) is 0 Å². The fourth-order valence-electron chi connectivity index (χ4n) is 0.302. The van der Waals surface area contributed by atoms with Crippen LogP contribution in [0.3, 0.4) is 0 Å². The molecular weight excluding hydrogens is 144 g/mol. The van der Waals surface area contributed by atoms with Crippen LogP contribution in [0.25, 0.3) is 0 Å². The summed E-state index contributed by atoms with van der Waals surface area (Å²) < 4.78 is 23.0. The standard InChI is InChI=1S/C5H7F2NO2/c1-3(9)8(2)5(10)4(6)7/h4H,1-2H3. The second-order valence-corrected chi connectivity index (χ2v) is 1.72. The number of amides is 2. The first-order chi connectivity index (χ1) is 4.46. The molecular formula is C5H7F2NO2. The van der Waals surface area contributed by atoms with Gasteiger partial charge in [0.2, 0.25) is 5.91 Å². The van der Waals surface area contributed by atoms with Crippen molar-refractivity contribution in [2.45, 2.75) is 13.3 Å². The molecule has 0 aliphatic rings. The number of imide groups is 1. The largest absolute Gasteiger partial charge is 0.316 e. The Balaban J connectivity index is 4.08. The topological polar surface area (TPSA) is 37.4 Å². The van der Waals surface area contributed by atoms with E-state index in [0.717, 1.165) is 14.0 Å². The van der Waals surface area contributed by atoms with Crippen LogP contribution in [0.2, 0.25) is 0 Å². The summed E-state index contributed by atoms with van der Waals surface area (Å²) in [6, 6.07) is 0. The minimum Gasteiger partial charge on any atom is -0.281 e. The molecule has 0 fully saturated rings. The van der Waals surface area contributed by atoms with Crippen molar-refractivity contribution in [1.82, 2.24) is 4.90 Å². The van der Waals surface area contributed by atoms with Gasteiger partial charge in [-0.3, -0.25) is 14.5 Å². The highest BCUT2D eigenvalue weighted by atomic mass is 19.3. The summed E-state index contributed by atoms with van der Waals surface area (Å²) in [5.74, 6) is -2.15.